The quantitative estimate of drug-likeness (QED) is 0.764. The van der Waals surface area contributed by atoms with Gasteiger partial charge >= 0.3 is 0 Å². The smallest absolute Gasteiger partial charge is 0.126 e. The third kappa shape index (κ3) is 1.83. The van der Waals surface area contributed by atoms with Gasteiger partial charge in [0.05, 0.1) is 0 Å². The molecule has 0 aliphatic carbocycles. The Kier molecular flexibility index (Phi) is 3.15. The van der Waals surface area contributed by atoms with Gasteiger partial charge in [-0.3, -0.25) is 0 Å². The van der Waals surface area contributed by atoms with E-state index in [1.165, 1.54) is 5.69 Å². The van der Waals surface area contributed by atoms with Crippen LogP contribution in [-0.4, -0.2) is 11.1 Å². The molecular weight excluding hydrogens is 239 g/mol. The van der Waals surface area contributed by atoms with E-state index in [0.29, 0.717) is 6.04 Å². The first kappa shape index (κ1) is 12.4. The molecule has 2 heterocycles. The van der Waals surface area contributed by atoms with Crippen LogP contribution in [0.5, 0.6) is 0 Å². The van der Waals surface area contributed by atoms with Crippen LogP contribution in [0, 0.1) is 12.7 Å². The maximum absolute atomic E-state index is 13.5. The molecule has 4 heteroatoms. The molecule has 0 saturated carbocycles. The van der Waals surface area contributed by atoms with Crippen LogP contribution in [0.3, 0.4) is 0 Å². The zero-order chi connectivity index (χ0) is 11.3. The summed E-state index contributed by atoms with van der Waals surface area (Å²) in [5.41, 5.74) is 3.13. The number of rotatable bonds is 0. The van der Waals surface area contributed by atoms with Crippen molar-refractivity contribution < 1.29 is 4.39 Å². The fourth-order valence-corrected chi connectivity index (χ4v) is 2.57. The number of benzene rings is 1. The van der Waals surface area contributed by atoms with Crippen LogP contribution in [-0.2, 0) is 6.54 Å². The second kappa shape index (κ2) is 4.31. The molecule has 2 nitrogen and oxygen atoms in total. The number of aryl methyl sites for hydroxylation is 1. The third-order valence-electron chi connectivity index (χ3n) is 3.39. The largest absolute Gasteiger partial charge is 0.339 e. The predicted octanol–water partition coefficient (Wildman–Crippen LogP) is 3.17. The highest BCUT2D eigenvalue weighted by Crippen LogP contribution is 2.28. The summed E-state index contributed by atoms with van der Waals surface area (Å²) in [6.45, 7) is 5.86. The van der Waals surface area contributed by atoms with Gasteiger partial charge in [0.15, 0.2) is 0 Å². The molecule has 2 aromatic rings. The first-order valence-corrected chi connectivity index (χ1v) is 5.67. The van der Waals surface area contributed by atoms with Crippen LogP contribution < -0.4 is 5.32 Å². The average molecular weight is 255 g/mol. The molecule has 1 unspecified atom stereocenters. The topological polar surface area (TPSA) is 17.0 Å². The van der Waals surface area contributed by atoms with E-state index in [-0.39, 0.29) is 18.2 Å². The fraction of sp³-hybridized carbons (Fsp3) is 0.385. The number of hydrogen-bond donors (Lipinski definition) is 1. The van der Waals surface area contributed by atoms with Crippen LogP contribution in [0.25, 0.3) is 10.9 Å². The Hall–Kier alpha value is -1.06. The number of nitrogens with zero attached hydrogens (tertiary/aromatic N) is 1. The van der Waals surface area contributed by atoms with E-state index in [9.17, 15) is 4.39 Å². The average Bonchev–Trinajstić information content (AvgIpc) is 2.58. The molecule has 17 heavy (non-hydrogen) atoms. The minimum Gasteiger partial charge on any atom is -0.339 e. The lowest BCUT2D eigenvalue weighted by molar-refractivity contribution is 0.439. The van der Waals surface area contributed by atoms with Crippen LogP contribution in [0.4, 0.5) is 4.39 Å². The summed E-state index contributed by atoms with van der Waals surface area (Å²) < 4.78 is 15.8. The van der Waals surface area contributed by atoms with Gasteiger partial charge in [0.25, 0.3) is 0 Å². The van der Waals surface area contributed by atoms with Crippen LogP contribution in [0.1, 0.15) is 24.2 Å². The number of nitrogens with one attached hydrogen (secondary N) is 1. The molecule has 0 bridgehead atoms. The van der Waals surface area contributed by atoms with Gasteiger partial charge in [-0.25, -0.2) is 4.39 Å². The standard InChI is InChI=1S/C13H15FN2.ClH/c1-8-3-13-10(5-12(8)14)4-11-7-15-6-9(2)16(11)13;/h3-5,9,15H,6-7H2,1-2H3;1H. The van der Waals surface area contributed by atoms with E-state index in [2.05, 4.69) is 22.9 Å². The molecule has 3 rings (SSSR count). The van der Waals surface area contributed by atoms with Crippen LogP contribution >= 0.6 is 12.4 Å². The first-order valence-electron chi connectivity index (χ1n) is 5.67. The Bertz CT molecular complexity index is 562. The molecule has 0 amide bonds. The van der Waals surface area contributed by atoms with Gasteiger partial charge in [0.1, 0.15) is 5.82 Å². The maximum Gasteiger partial charge on any atom is 0.126 e. The van der Waals surface area contributed by atoms with Gasteiger partial charge in [0, 0.05) is 35.7 Å². The molecule has 0 saturated heterocycles. The molecule has 92 valence electrons. The fourth-order valence-electron chi connectivity index (χ4n) is 2.57. The maximum atomic E-state index is 13.5. The molecule has 0 fully saturated rings. The summed E-state index contributed by atoms with van der Waals surface area (Å²) in [6, 6.07) is 6.12. The van der Waals surface area contributed by atoms with Crippen molar-refractivity contribution in [1.29, 1.82) is 0 Å². The van der Waals surface area contributed by atoms with E-state index < -0.39 is 0 Å². The van der Waals surface area contributed by atoms with E-state index >= 15 is 0 Å². The molecule has 1 aliphatic rings. The van der Waals surface area contributed by atoms with E-state index in [4.69, 9.17) is 0 Å². The molecular formula is C13H16ClFN2. The third-order valence-corrected chi connectivity index (χ3v) is 3.39. The normalized spacial score (nSPS) is 18.9. The first-order chi connectivity index (χ1) is 7.66. The van der Waals surface area contributed by atoms with Gasteiger partial charge in [-0.1, -0.05) is 0 Å². The van der Waals surface area contributed by atoms with E-state index in [0.717, 1.165) is 29.6 Å². The molecule has 0 radical (unpaired) electrons. The van der Waals surface area contributed by atoms with Gasteiger partial charge < -0.3 is 9.88 Å². The number of hydrogen-bond acceptors (Lipinski definition) is 1. The summed E-state index contributed by atoms with van der Waals surface area (Å²) >= 11 is 0. The van der Waals surface area contributed by atoms with E-state index in [1.54, 1.807) is 6.07 Å². The Morgan fingerprint density at radius 1 is 1.35 bits per heavy atom. The lowest BCUT2D eigenvalue weighted by atomic mass is 10.1. The zero-order valence-electron chi connectivity index (χ0n) is 9.96. The minimum absolute atomic E-state index is 0. The molecule has 0 spiro atoms. The van der Waals surface area contributed by atoms with Crippen molar-refractivity contribution in [2.75, 3.05) is 6.54 Å². The lowest BCUT2D eigenvalue weighted by Crippen LogP contribution is -2.30. The van der Waals surface area contributed by atoms with Crippen molar-refractivity contribution in [2.45, 2.75) is 26.4 Å². The molecule has 1 N–H and O–H groups in total. The summed E-state index contributed by atoms with van der Waals surface area (Å²) in [5, 5.41) is 4.37. The predicted molar refractivity (Wildman–Crippen MR) is 70.3 cm³/mol. The minimum atomic E-state index is -0.115. The number of aromatic nitrogens is 1. The SMILES string of the molecule is Cc1cc2c(cc1F)cc1n2C(C)CNC1.Cl. The van der Waals surface area contributed by atoms with Crippen molar-refractivity contribution in [3.8, 4) is 0 Å². The molecule has 1 atom stereocenters. The summed E-state index contributed by atoms with van der Waals surface area (Å²) in [4.78, 5) is 0. The van der Waals surface area contributed by atoms with Crippen molar-refractivity contribution in [2.24, 2.45) is 0 Å². The van der Waals surface area contributed by atoms with Crippen molar-refractivity contribution in [3.05, 3.63) is 35.3 Å². The highest BCUT2D eigenvalue weighted by Gasteiger charge is 2.18. The van der Waals surface area contributed by atoms with E-state index in [1.807, 2.05) is 13.0 Å². The van der Waals surface area contributed by atoms with Gasteiger partial charge in [-0.2, -0.15) is 0 Å². The zero-order valence-corrected chi connectivity index (χ0v) is 10.8. The Morgan fingerprint density at radius 2 is 2.12 bits per heavy atom. The monoisotopic (exact) mass is 254 g/mol. The highest BCUT2D eigenvalue weighted by atomic mass is 35.5. The summed E-state index contributed by atoms with van der Waals surface area (Å²) in [6.07, 6.45) is 0. The second-order valence-corrected chi connectivity index (χ2v) is 4.65. The van der Waals surface area contributed by atoms with Gasteiger partial charge in [-0.05, 0) is 37.6 Å². The molecule has 1 aliphatic heterocycles. The Labute approximate surface area is 106 Å². The van der Waals surface area contributed by atoms with Crippen molar-refractivity contribution in [1.82, 2.24) is 9.88 Å². The van der Waals surface area contributed by atoms with Crippen LogP contribution in [0.2, 0.25) is 0 Å². The molecule has 1 aromatic carbocycles. The van der Waals surface area contributed by atoms with Crippen molar-refractivity contribution in [3.63, 3.8) is 0 Å². The van der Waals surface area contributed by atoms with Gasteiger partial charge in [0.2, 0.25) is 0 Å². The lowest BCUT2D eigenvalue weighted by Gasteiger charge is -2.24. The summed E-state index contributed by atoms with van der Waals surface area (Å²) in [7, 11) is 0. The highest BCUT2D eigenvalue weighted by molar-refractivity contribution is 5.85. The van der Waals surface area contributed by atoms with Crippen LogP contribution in [0.15, 0.2) is 18.2 Å². The number of halogens is 2. The summed E-state index contributed by atoms with van der Waals surface area (Å²) in [5.74, 6) is -0.115. The molecule has 1 aromatic heterocycles. The number of fused-ring (bicyclic) bond motifs is 3. The Morgan fingerprint density at radius 3 is 2.88 bits per heavy atom. The van der Waals surface area contributed by atoms with Gasteiger partial charge in [-0.15, -0.1) is 12.4 Å². The van der Waals surface area contributed by atoms with Crippen molar-refractivity contribution >= 4 is 23.3 Å². The Balaban J connectivity index is 0.00000108. The second-order valence-electron chi connectivity index (χ2n) is 4.65.